The summed E-state index contributed by atoms with van der Waals surface area (Å²) in [7, 11) is 1.97. The predicted octanol–water partition coefficient (Wildman–Crippen LogP) is 4.18. The summed E-state index contributed by atoms with van der Waals surface area (Å²) < 4.78 is 12.6. The van der Waals surface area contributed by atoms with Gasteiger partial charge in [-0.3, -0.25) is 4.79 Å². The molecule has 0 radical (unpaired) electrons. The van der Waals surface area contributed by atoms with Crippen molar-refractivity contribution in [2.45, 2.75) is 13.1 Å². The van der Waals surface area contributed by atoms with Crippen LogP contribution in [0.1, 0.15) is 21.1 Å². The fourth-order valence-electron chi connectivity index (χ4n) is 2.72. The van der Waals surface area contributed by atoms with Crippen LogP contribution in [0.5, 0.6) is 0 Å². The number of amides is 1. The van der Waals surface area contributed by atoms with Crippen molar-refractivity contribution in [3.8, 4) is 11.5 Å². The van der Waals surface area contributed by atoms with Gasteiger partial charge in [-0.2, -0.15) is 0 Å². The number of carbonyl (C=O) groups excluding carboxylic acids is 1. The Bertz CT molecular complexity index is 983. The van der Waals surface area contributed by atoms with Crippen molar-refractivity contribution in [2.24, 2.45) is 7.05 Å². The lowest BCUT2D eigenvalue weighted by atomic mass is 10.2. The first-order chi connectivity index (χ1) is 12.7. The number of carbonyl (C=O) groups is 1. The minimum absolute atomic E-state index is 0.179. The third-order valence-electron chi connectivity index (χ3n) is 4.11. The Balaban J connectivity index is 1.60. The summed E-state index contributed by atoms with van der Waals surface area (Å²) in [4.78, 5) is 15.9. The summed E-state index contributed by atoms with van der Waals surface area (Å²) in [6, 6.07) is 13.1. The molecule has 0 bridgehead atoms. The number of hydrogen-bond acceptors (Lipinski definition) is 5. The molecule has 0 saturated heterocycles. The highest BCUT2D eigenvalue weighted by Gasteiger charge is 2.22. The molecule has 0 saturated carbocycles. The topological polar surface area (TPSA) is 64.4 Å². The molecule has 4 aromatic rings. The highest BCUT2D eigenvalue weighted by Crippen LogP contribution is 2.23. The maximum atomic E-state index is 13.1. The molecule has 0 spiro atoms. The van der Waals surface area contributed by atoms with Crippen LogP contribution in [-0.2, 0) is 20.1 Å². The number of thiophene rings is 1. The fraction of sp³-hybridized carbons (Fsp3) is 0.158. The Morgan fingerprint density at radius 3 is 2.81 bits per heavy atom. The summed E-state index contributed by atoms with van der Waals surface area (Å²) >= 11 is 1.62. The van der Waals surface area contributed by atoms with Crippen LogP contribution >= 0.6 is 11.3 Å². The summed E-state index contributed by atoms with van der Waals surface area (Å²) in [6.45, 7) is 1.01. The van der Waals surface area contributed by atoms with Crippen LogP contribution in [0, 0.1) is 0 Å². The molecule has 6 nitrogen and oxygen atoms in total. The molecule has 4 heterocycles. The molecule has 4 rings (SSSR count). The van der Waals surface area contributed by atoms with Gasteiger partial charge in [-0.1, -0.05) is 11.2 Å². The van der Waals surface area contributed by atoms with E-state index in [2.05, 4.69) is 5.16 Å². The Morgan fingerprint density at radius 2 is 2.12 bits per heavy atom. The average molecular weight is 367 g/mol. The molecule has 4 aromatic heterocycles. The number of aryl methyl sites for hydroxylation is 1. The van der Waals surface area contributed by atoms with E-state index in [0.717, 1.165) is 10.6 Å². The summed E-state index contributed by atoms with van der Waals surface area (Å²) in [5.74, 6) is 0.804. The van der Waals surface area contributed by atoms with E-state index >= 15 is 0 Å². The van der Waals surface area contributed by atoms with Gasteiger partial charge in [0.25, 0.3) is 5.91 Å². The normalized spacial score (nSPS) is 11.0. The van der Waals surface area contributed by atoms with E-state index in [1.165, 1.54) is 0 Å². The van der Waals surface area contributed by atoms with E-state index in [0.29, 0.717) is 24.6 Å². The van der Waals surface area contributed by atoms with Crippen LogP contribution in [0.4, 0.5) is 0 Å². The first-order valence-electron chi connectivity index (χ1n) is 8.13. The van der Waals surface area contributed by atoms with E-state index in [4.69, 9.17) is 8.94 Å². The maximum absolute atomic E-state index is 13.1. The molecule has 1 amide bonds. The summed E-state index contributed by atoms with van der Waals surface area (Å²) in [5, 5.41) is 5.95. The number of nitrogens with zero attached hydrogens (tertiary/aromatic N) is 3. The van der Waals surface area contributed by atoms with Gasteiger partial charge < -0.3 is 18.4 Å². The lowest BCUT2D eigenvalue weighted by molar-refractivity contribution is 0.0718. The maximum Gasteiger partial charge on any atom is 0.276 e. The number of aromatic nitrogens is 2. The standard InChI is InChI=1S/C19H17N3O3S/c1-21-8-2-5-14(21)12-22(13-15-6-4-10-26-15)19(23)16-11-18(25-20-16)17-7-3-9-24-17/h2-11H,12-13H2,1H3. The first kappa shape index (κ1) is 16.4. The van der Waals surface area contributed by atoms with Gasteiger partial charge in [-0.05, 0) is 35.7 Å². The average Bonchev–Trinajstić information content (AvgIpc) is 3.42. The lowest BCUT2D eigenvalue weighted by Crippen LogP contribution is -2.30. The van der Waals surface area contributed by atoms with Gasteiger partial charge in [0.15, 0.2) is 11.5 Å². The van der Waals surface area contributed by atoms with E-state index < -0.39 is 0 Å². The molecule has 7 heteroatoms. The molecular formula is C19H17N3O3S. The van der Waals surface area contributed by atoms with Crippen molar-refractivity contribution in [3.63, 3.8) is 0 Å². The van der Waals surface area contributed by atoms with Crippen LogP contribution in [0.2, 0.25) is 0 Å². The largest absolute Gasteiger partial charge is 0.461 e. The van der Waals surface area contributed by atoms with Gasteiger partial charge in [0, 0.05) is 29.9 Å². The predicted molar refractivity (Wildman–Crippen MR) is 97.5 cm³/mol. The Morgan fingerprint density at radius 1 is 1.19 bits per heavy atom. The SMILES string of the molecule is Cn1cccc1CN(Cc1cccs1)C(=O)c1cc(-c2ccco2)on1. The van der Waals surface area contributed by atoms with Gasteiger partial charge in [0.1, 0.15) is 0 Å². The quantitative estimate of drug-likeness (QED) is 0.513. The summed E-state index contributed by atoms with van der Waals surface area (Å²) in [6.07, 6.45) is 3.52. The van der Waals surface area contributed by atoms with E-state index in [1.807, 2.05) is 47.5 Å². The minimum Gasteiger partial charge on any atom is -0.461 e. The van der Waals surface area contributed by atoms with Crippen molar-refractivity contribution in [1.29, 1.82) is 0 Å². The molecular weight excluding hydrogens is 350 g/mol. The van der Waals surface area contributed by atoms with Crippen molar-refractivity contribution in [3.05, 3.63) is 76.6 Å². The van der Waals surface area contributed by atoms with E-state index in [9.17, 15) is 4.79 Å². The number of rotatable bonds is 6. The van der Waals surface area contributed by atoms with Gasteiger partial charge in [0.05, 0.1) is 19.4 Å². The molecule has 132 valence electrons. The van der Waals surface area contributed by atoms with Crippen LogP contribution in [-0.4, -0.2) is 20.5 Å². The highest BCUT2D eigenvalue weighted by molar-refractivity contribution is 7.09. The van der Waals surface area contributed by atoms with Crippen LogP contribution in [0.15, 0.2) is 69.2 Å². The second-order valence-corrected chi connectivity index (χ2v) is 6.94. The minimum atomic E-state index is -0.179. The number of furan rings is 1. The zero-order valence-electron chi connectivity index (χ0n) is 14.2. The molecule has 0 N–H and O–H groups in total. The second-order valence-electron chi connectivity index (χ2n) is 5.90. The first-order valence-corrected chi connectivity index (χ1v) is 9.01. The Hall–Kier alpha value is -3.06. The molecule has 0 fully saturated rings. The van der Waals surface area contributed by atoms with Gasteiger partial charge in [0.2, 0.25) is 5.76 Å². The fourth-order valence-corrected chi connectivity index (χ4v) is 3.44. The van der Waals surface area contributed by atoms with E-state index in [-0.39, 0.29) is 11.6 Å². The Labute approximate surface area is 154 Å². The van der Waals surface area contributed by atoms with Crippen molar-refractivity contribution < 1.29 is 13.7 Å². The molecule has 0 unspecified atom stereocenters. The molecule has 0 aliphatic carbocycles. The van der Waals surface area contributed by atoms with Crippen molar-refractivity contribution >= 4 is 17.2 Å². The van der Waals surface area contributed by atoms with Crippen LogP contribution < -0.4 is 0 Å². The van der Waals surface area contributed by atoms with Crippen LogP contribution in [0.3, 0.4) is 0 Å². The lowest BCUT2D eigenvalue weighted by Gasteiger charge is -2.21. The van der Waals surface area contributed by atoms with Crippen molar-refractivity contribution in [1.82, 2.24) is 14.6 Å². The molecule has 0 aromatic carbocycles. The third-order valence-corrected chi connectivity index (χ3v) is 4.97. The molecule has 0 aliphatic heterocycles. The van der Waals surface area contributed by atoms with Gasteiger partial charge in [-0.25, -0.2) is 0 Å². The van der Waals surface area contributed by atoms with Gasteiger partial charge in [-0.15, -0.1) is 11.3 Å². The van der Waals surface area contributed by atoms with E-state index in [1.54, 1.807) is 40.7 Å². The Kier molecular flexibility index (Phi) is 4.45. The van der Waals surface area contributed by atoms with Gasteiger partial charge >= 0.3 is 0 Å². The number of hydrogen-bond donors (Lipinski definition) is 0. The molecule has 0 aliphatic rings. The highest BCUT2D eigenvalue weighted by atomic mass is 32.1. The molecule has 0 atom stereocenters. The third kappa shape index (κ3) is 3.34. The second kappa shape index (κ2) is 7.05. The zero-order chi connectivity index (χ0) is 17.9. The molecule has 26 heavy (non-hydrogen) atoms. The zero-order valence-corrected chi connectivity index (χ0v) is 15.0. The summed E-state index contributed by atoms with van der Waals surface area (Å²) in [5.41, 5.74) is 1.31. The van der Waals surface area contributed by atoms with Crippen molar-refractivity contribution in [2.75, 3.05) is 0 Å². The van der Waals surface area contributed by atoms with Crippen LogP contribution in [0.25, 0.3) is 11.5 Å². The smallest absolute Gasteiger partial charge is 0.276 e. The monoisotopic (exact) mass is 367 g/mol.